The number of amides is 1. The molecule has 0 aliphatic carbocycles. The molecule has 1 N–H and O–H groups in total. The zero-order valence-corrected chi connectivity index (χ0v) is 12.6. The van der Waals surface area contributed by atoms with Gasteiger partial charge in [-0.25, -0.2) is 0 Å². The zero-order chi connectivity index (χ0) is 15.2. The number of nitrogens with zero attached hydrogens (tertiary/aromatic N) is 3. The second kappa shape index (κ2) is 7.00. The highest BCUT2D eigenvalue weighted by molar-refractivity contribution is 5.96. The first-order chi connectivity index (χ1) is 9.33. The van der Waals surface area contributed by atoms with Crippen molar-refractivity contribution in [3.63, 3.8) is 0 Å². The number of carbonyl (C=O) groups is 1. The minimum atomic E-state index is -0.104. The fraction of sp³-hybridized carbons (Fsp3) is 0.500. The van der Waals surface area contributed by atoms with Gasteiger partial charge in [-0.1, -0.05) is 0 Å². The number of hydrogen-bond donors (Lipinski definition) is 1. The quantitative estimate of drug-likeness (QED) is 0.451. The van der Waals surface area contributed by atoms with Gasteiger partial charge in [-0.15, -0.1) is 4.91 Å². The van der Waals surface area contributed by atoms with Crippen LogP contribution in [0.5, 0.6) is 0 Å². The fourth-order valence-electron chi connectivity index (χ4n) is 1.80. The zero-order valence-electron chi connectivity index (χ0n) is 12.6. The number of carbonyl (C=O) groups excluding carboxylic acids is 1. The average Bonchev–Trinajstić information content (AvgIpc) is 2.36. The van der Waals surface area contributed by atoms with Gasteiger partial charge in [0.25, 0.3) is 5.91 Å². The molecule has 1 rings (SSSR count). The van der Waals surface area contributed by atoms with E-state index in [0.717, 1.165) is 17.4 Å². The Balaban J connectivity index is 2.46. The van der Waals surface area contributed by atoms with Gasteiger partial charge < -0.3 is 14.7 Å². The summed E-state index contributed by atoms with van der Waals surface area (Å²) in [5, 5.41) is 5.62. The lowest BCUT2D eigenvalue weighted by Gasteiger charge is -2.24. The Morgan fingerprint density at radius 3 is 2.65 bits per heavy atom. The molecule has 0 radical (unpaired) electrons. The van der Waals surface area contributed by atoms with Crippen LogP contribution in [0, 0.1) is 4.91 Å². The molecule has 0 aromatic carbocycles. The van der Waals surface area contributed by atoms with E-state index < -0.39 is 0 Å². The van der Waals surface area contributed by atoms with Gasteiger partial charge >= 0.3 is 0 Å². The molecule has 0 saturated heterocycles. The van der Waals surface area contributed by atoms with Crippen molar-refractivity contribution in [2.45, 2.75) is 6.42 Å². The molecule has 0 aromatic rings. The Morgan fingerprint density at radius 1 is 1.40 bits per heavy atom. The predicted molar refractivity (Wildman–Crippen MR) is 79.4 cm³/mol. The topological polar surface area (TPSA) is 61.8 Å². The van der Waals surface area contributed by atoms with Gasteiger partial charge in [-0.3, -0.25) is 4.79 Å². The third kappa shape index (κ3) is 5.36. The maximum Gasteiger partial charge on any atom is 0.252 e. The summed E-state index contributed by atoms with van der Waals surface area (Å²) in [7, 11) is 8.14. The number of nitroso groups, excluding NO2 is 1. The normalized spacial score (nSPS) is 17.1. The third-order valence-electron chi connectivity index (χ3n) is 2.91. The van der Waals surface area contributed by atoms with Crippen LogP contribution >= 0.6 is 0 Å². The molecular weight excluding hydrogens is 256 g/mol. The summed E-state index contributed by atoms with van der Waals surface area (Å²) in [6, 6.07) is 0. The van der Waals surface area contributed by atoms with Crippen LogP contribution in [0.2, 0.25) is 0 Å². The van der Waals surface area contributed by atoms with Crippen LogP contribution in [0.1, 0.15) is 6.42 Å². The predicted octanol–water partition coefficient (Wildman–Crippen LogP) is 1.19. The minimum absolute atomic E-state index is 0.104. The van der Waals surface area contributed by atoms with Crippen LogP contribution in [-0.2, 0) is 4.79 Å². The van der Waals surface area contributed by atoms with E-state index in [1.54, 1.807) is 30.3 Å². The second-order valence-electron chi connectivity index (χ2n) is 5.81. The van der Waals surface area contributed by atoms with Crippen molar-refractivity contribution in [1.82, 2.24) is 10.2 Å². The summed E-state index contributed by atoms with van der Waals surface area (Å²) in [6.45, 7) is 1.66. The highest BCUT2D eigenvalue weighted by Gasteiger charge is 2.13. The van der Waals surface area contributed by atoms with Gasteiger partial charge in [0.1, 0.15) is 0 Å². The number of nitrogens with one attached hydrogen (secondary N) is 1. The highest BCUT2D eigenvalue weighted by atomic mass is 16.2. The molecule has 1 aliphatic heterocycles. The summed E-state index contributed by atoms with van der Waals surface area (Å²) in [4.78, 5) is 23.9. The third-order valence-corrected chi connectivity index (χ3v) is 2.91. The van der Waals surface area contributed by atoms with Crippen molar-refractivity contribution in [2.75, 3.05) is 41.3 Å². The first kappa shape index (κ1) is 16.1. The van der Waals surface area contributed by atoms with Gasteiger partial charge in [0.2, 0.25) is 0 Å². The molecule has 6 nitrogen and oxygen atoms in total. The highest BCUT2D eigenvalue weighted by Crippen LogP contribution is 2.15. The molecule has 0 unspecified atom stereocenters. The van der Waals surface area contributed by atoms with E-state index in [2.05, 4.69) is 31.6 Å². The SMILES string of the molecule is CN1C=C(C(=O)NCCC[N+](C)(C)C)C=C/C1=C/N=O. The number of rotatable bonds is 6. The van der Waals surface area contributed by atoms with E-state index in [1.807, 2.05) is 0 Å². The van der Waals surface area contributed by atoms with Crippen LogP contribution < -0.4 is 5.32 Å². The van der Waals surface area contributed by atoms with E-state index in [0.29, 0.717) is 17.8 Å². The largest absolute Gasteiger partial charge is 0.352 e. The van der Waals surface area contributed by atoms with Crippen molar-refractivity contribution in [3.8, 4) is 0 Å². The number of allylic oxidation sites excluding steroid dienone is 1. The summed E-state index contributed by atoms with van der Waals surface area (Å²) in [6.07, 6.45) is 7.21. The van der Waals surface area contributed by atoms with Gasteiger partial charge in [-0.05, 0) is 17.3 Å². The maximum atomic E-state index is 12.0. The first-order valence-corrected chi connectivity index (χ1v) is 6.57. The Bertz CT molecular complexity index is 458. The van der Waals surface area contributed by atoms with Crippen LogP contribution in [0.4, 0.5) is 0 Å². The molecular formula is C14H23N4O2+. The van der Waals surface area contributed by atoms with Crippen molar-refractivity contribution >= 4 is 5.91 Å². The smallest absolute Gasteiger partial charge is 0.252 e. The molecule has 110 valence electrons. The van der Waals surface area contributed by atoms with Crippen molar-refractivity contribution in [1.29, 1.82) is 0 Å². The standard InChI is InChI=1S/C14H22N4O2/c1-17-11-12(6-7-13(17)10-16-20)14(19)15-8-5-9-18(2,3)4/h6-7,10-11H,5,8-9H2,1-4H3/p+1/b13-10-. The number of hydrogen-bond acceptors (Lipinski definition) is 4. The Labute approximate surface area is 120 Å². The molecule has 0 atom stereocenters. The van der Waals surface area contributed by atoms with E-state index in [1.165, 1.54) is 6.20 Å². The molecule has 0 aromatic heterocycles. The second-order valence-corrected chi connectivity index (χ2v) is 5.81. The Kier molecular flexibility index (Phi) is 5.64. The van der Waals surface area contributed by atoms with Crippen molar-refractivity contribution in [3.05, 3.63) is 40.7 Å². The van der Waals surface area contributed by atoms with Gasteiger partial charge in [0.05, 0.1) is 45.2 Å². The van der Waals surface area contributed by atoms with Crippen molar-refractivity contribution in [2.24, 2.45) is 5.18 Å². The molecule has 6 heteroatoms. The summed E-state index contributed by atoms with van der Waals surface area (Å²) >= 11 is 0. The van der Waals surface area contributed by atoms with Crippen LogP contribution in [0.15, 0.2) is 41.0 Å². The van der Waals surface area contributed by atoms with E-state index in [-0.39, 0.29) is 5.91 Å². The fourth-order valence-corrected chi connectivity index (χ4v) is 1.80. The summed E-state index contributed by atoms with van der Waals surface area (Å²) < 4.78 is 0.883. The molecule has 20 heavy (non-hydrogen) atoms. The van der Waals surface area contributed by atoms with Gasteiger partial charge in [0.15, 0.2) is 0 Å². The molecule has 0 fully saturated rings. The van der Waals surface area contributed by atoms with Crippen molar-refractivity contribution < 1.29 is 9.28 Å². The van der Waals surface area contributed by atoms with E-state index in [9.17, 15) is 9.70 Å². The Hall–Kier alpha value is -1.95. The Morgan fingerprint density at radius 2 is 2.10 bits per heavy atom. The molecule has 0 bridgehead atoms. The lowest BCUT2D eigenvalue weighted by Crippen LogP contribution is -2.37. The first-order valence-electron chi connectivity index (χ1n) is 6.57. The van der Waals surface area contributed by atoms with Gasteiger partial charge in [-0.2, -0.15) is 0 Å². The van der Waals surface area contributed by atoms with E-state index in [4.69, 9.17) is 0 Å². The minimum Gasteiger partial charge on any atom is -0.352 e. The average molecular weight is 279 g/mol. The van der Waals surface area contributed by atoms with E-state index >= 15 is 0 Å². The lowest BCUT2D eigenvalue weighted by molar-refractivity contribution is -0.870. The van der Waals surface area contributed by atoms with Crippen LogP contribution in [0.25, 0.3) is 0 Å². The number of quaternary nitrogens is 1. The maximum absolute atomic E-state index is 12.0. The monoisotopic (exact) mass is 279 g/mol. The van der Waals surface area contributed by atoms with Gasteiger partial charge in [0, 0.05) is 26.2 Å². The molecule has 0 saturated carbocycles. The van der Waals surface area contributed by atoms with Crippen LogP contribution in [0.3, 0.4) is 0 Å². The summed E-state index contributed by atoms with van der Waals surface area (Å²) in [5.41, 5.74) is 1.22. The summed E-state index contributed by atoms with van der Waals surface area (Å²) in [5.74, 6) is -0.104. The number of likely N-dealkylation sites (N-methyl/N-ethyl adjacent to an activating group) is 1. The molecule has 0 spiro atoms. The molecule has 1 heterocycles. The van der Waals surface area contributed by atoms with Crippen LogP contribution in [-0.4, -0.2) is 56.6 Å². The lowest BCUT2D eigenvalue weighted by atomic mass is 10.1. The molecule has 1 aliphatic rings. The molecule has 1 amide bonds.